The Balaban J connectivity index is 1.71. The lowest BCUT2D eigenvalue weighted by molar-refractivity contribution is -0.116. The minimum absolute atomic E-state index is 0.0255. The number of amides is 1. The summed E-state index contributed by atoms with van der Waals surface area (Å²) in [7, 11) is 1.94. The summed E-state index contributed by atoms with van der Waals surface area (Å²) in [5, 5.41) is 12.1. The molecule has 5 aromatic rings. The molecule has 0 aliphatic heterocycles. The normalized spacial score (nSPS) is 11.5. The number of aliphatic hydroxyl groups excluding tert-OH is 1. The number of thiophene rings is 1. The van der Waals surface area contributed by atoms with Gasteiger partial charge in [0, 0.05) is 41.3 Å². The number of carbonyl (C=O) groups excluding carboxylic acids is 2. The minimum Gasteiger partial charge on any atom is -0.396 e. The quantitative estimate of drug-likeness (QED) is 0.145. The molecule has 7 nitrogen and oxygen atoms in total. The first kappa shape index (κ1) is 32.9. The van der Waals surface area contributed by atoms with Crippen molar-refractivity contribution in [1.82, 2.24) is 9.47 Å². The van der Waals surface area contributed by atoms with Crippen molar-refractivity contribution in [2.75, 3.05) is 19.0 Å². The van der Waals surface area contributed by atoms with E-state index >= 15 is 0 Å². The van der Waals surface area contributed by atoms with Gasteiger partial charge in [-0.3, -0.25) is 19.3 Å². The first-order chi connectivity index (χ1) is 22.1. The summed E-state index contributed by atoms with van der Waals surface area (Å²) in [4.78, 5) is 42.9. The number of ketones is 1. The Morgan fingerprint density at radius 2 is 1.61 bits per heavy atom. The van der Waals surface area contributed by atoms with E-state index in [0.717, 1.165) is 16.0 Å². The highest BCUT2D eigenvalue weighted by Crippen LogP contribution is 2.39. The zero-order valence-electron chi connectivity index (χ0n) is 25.8. The summed E-state index contributed by atoms with van der Waals surface area (Å²) in [5.74, 6) is -2.59. The molecule has 0 aliphatic rings. The van der Waals surface area contributed by atoms with Crippen molar-refractivity contribution < 1.29 is 23.5 Å². The first-order valence-corrected chi connectivity index (χ1v) is 15.8. The molecule has 238 valence electrons. The van der Waals surface area contributed by atoms with Crippen LogP contribution in [-0.4, -0.2) is 39.9 Å². The van der Waals surface area contributed by atoms with Gasteiger partial charge in [0.05, 0.1) is 30.5 Å². The van der Waals surface area contributed by atoms with Crippen LogP contribution in [0.15, 0.2) is 83.8 Å². The molecule has 0 spiro atoms. The smallest absolute Gasteiger partial charge is 0.226 e. The van der Waals surface area contributed by atoms with Gasteiger partial charge in [-0.2, -0.15) is 0 Å². The molecule has 0 saturated carbocycles. The SMILES string of the molecule is CC(C)C(=O)c1cn(Cc2c(F)cccc2F)c2sc(-c3ccc(NC(=O)CCO)cc3)c(CN(C)Cc3ccccc3)c2c1=O. The van der Waals surface area contributed by atoms with Crippen molar-refractivity contribution in [3.63, 3.8) is 0 Å². The van der Waals surface area contributed by atoms with Gasteiger partial charge >= 0.3 is 0 Å². The summed E-state index contributed by atoms with van der Waals surface area (Å²) in [6.45, 7) is 3.88. The Kier molecular flexibility index (Phi) is 10.2. The van der Waals surface area contributed by atoms with Gasteiger partial charge in [0.15, 0.2) is 5.78 Å². The maximum Gasteiger partial charge on any atom is 0.226 e. The third kappa shape index (κ3) is 7.14. The topological polar surface area (TPSA) is 91.6 Å². The molecule has 0 radical (unpaired) electrons. The average molecular weight is 644 g/mol. The number of rotatable bonds is 12. The van der Waals surface area contributed by atoms with E-state index in [4.69, 9.17) is 5.11 Å². The second-order valence-corrected chi connectivity index (χ2v) is 12.6. The van der Waals surface area contributed by atoms with Crippen LogP contribution in [0, 0.1) is 17.6 Å². The summed E-state index contributed by atoms with van der Waals surface area (Å²) in [5.41, 5.74) is 2.47. The average Bonchev–Trinajstić information content (AvgIpc) is 3.40. The third-order valence-electron chi connectivity index (χ3n) is 7.68. The van der Waals surface area contributed by atoms with Crippen molar-refractivity contribution in [2.45, 2.75) is 39.9 Å². The maximum atomic E-state index is 14.9. The largest absolute Gasteiger partial charge is 0.396 e. The zero-order valence-corrected chi connectivity index (χ0v) is 26.7. The molecule has 3 aromatic carbocycles. The number of nitrogens with one attached hydrogen (secondary N) is 1. The van der Waals surface area contributed by atoms with Gasteiger partial charge in [0.1, 0.15) is 16.5 Å². The van der Waals surface area contributed by atoms with Crippen LogP contribution in [0.1, 0.15) is 47.3 Å². The van der Waals surface area contributed by atoms with E-state index < -0.39 is 23.0 Å². The fourth-order valence-corrected chi connectivity index (χ4v) is 6.68. The van der Waals surface area contributed by atoms with Gasteiger partial charge < -0.3 is 15.0 Å². The van der Waals surface area contributed by atoms with Gasteiger partial charge in [-0.15, -0.1) is 11.3 Å². The number of fused-ring (bicyclic) bond motifs is 1. The van der Waals surface area contributed by atoms with E-state index in [2.05, 4.69) is 10.2 Å². The Morgan fingerprint density at radius 3 is 2.24 bits per heavy atom. The Hall–Kier alpha value is -4.51. The minimum atomic E-state index is -0.720. The van der Waals surface area contributed by atoms with Crippen LogP contribution >= 0.6 is 11.3 Å². The number of pyridine rings is 1. The van der Waals surface area contributed by atoms with E-state index in [0.29, 0.717) is 34.6 Å². The van der Waals surface area contributed by atoms with Gasteiger partial charge in [-0.25, -0.2) is 8.78 Å². The molecule has 10 heteroatoms. The summed E-state index contributed by atoms with van der Waals surface area (Å²) >= 11 is 1.31. The highest BCUT2D eigenvalue weighted by atomic mass is 32.1. The van der Waals surface area contributed by atoms with Crippen LogP contribution in [0.25, 0.3) is 20.7 Å². The van der Waals surface area contributed by atoms with Crippen molar-refractivity contribution in [2.24, 2.45) is 5.92 Å². The Bertz CT molecular complexity index is 1920. The first-order valence-electron chi connectivity index (χ1n) is 15.0. The molecular weight excluding hydrogens is 608 g/mol. The van der Waals surface area contributed by atoms with Crippen LogP contribution in [0.4, 0.5) is 14.5 Å². The van der Waals surface area contributed by atoms with E-state index in [1.54, 1.807) is 30.5 Å². The molecule has 2 N–H and O–H groups in total. The lowest BCUT2D eigenvalue weighted by Gasteiger charge is -2.18. The number of halogens is 2. The van der Waals surface area contributed by atoms with Crippen molar-refractivity contribution in [1.29, 1.82) is 0 Å². The molecule has 0 saturated heterocycles. The van der Waals surface area contributed by atoms with Crippen LogP contribution in [0.3, 0.4) is 0 Å². The summed E-state index contributed by atoms with van der Waals surface area (Å²) in [6, 6.07) is 20.7. The van der Waals surface area contributed by atoms with E-state index in [1.807, 2.05) is 49.5 Å². The zero-order chi connectivity index (χ0) is 33.0. The molecule has 0 unspecified atom stereocenters. The molecule has 2 aromatic heterocycles. The molecule has 46 heavy (non-hydrogen) atoms. The summed E-state index contributed by atoms with van der Waals surface area (Å²) < 4.78 is 31.4. The Labute approximate surface area is 269 Å². The van der Waals surface area contributed by atoms with E-state index in [1.165, 1.54) is 35.7 Å². The summed E-state index contributed by atoms with van der Waals surface area (Å²) in [6.07, 6.45) is 1.40. The second-order valence-electron chi connectivity index (χ2n) is 11.6. The molecule has 0 atom stereocenters. The van der Waals surface area contributed by atoms with Gasteiger partial charge in [-0.1, -0.05) is 62.4 Å². The number of Topliss-reactive ketones (excluding diaryl/α,β-unsaturated/α-hetero) is 1. The molecular formula is C36H35F2N3O4S. The fourth-order valence-electron chi connectivity index (χ4n) is 5.39. The molecule has 0 bridgehead atoms. The standard InChI is InChI=1S/C36H35F2N3O4S/c1-22(2)33(44)28-21-41(20-26-29(37)10-7-11-30(26)38)36-32(34(28)45)27(19-40(3)18-23-8-5-4-6-9-23)35(46-36)24-12-14-25(15-13-24)39-31(43)16-17-42/h4-15,21-22,42H,16-20H2,1-3H3,(H,39,43). The van der Waals surface area contributed by atoms with E-state index in [-0.39, 0.29) is 42.4 Å². The second kappa shape index (κ2) is 14.3. The molecule has 2 heterocycles. The van der Waals surface area contributed by atoms with Crippen LogP contribution in [-0.2, 0) is 24.4 Å². The maximum absolute atomic E-state index is 14.9. The lowest BCUT2D eigenvalue weighted by atomic mass is 9.99. The number of anilines is 1. The number of aromatic nitrogens is 1. The van der Waals surface area contributed by atoms with Gasteiger partial charge in [0.25, 0.3) is 0 Å². The van der Waals surface area contributed by atoms with Gasteiger partial charge in [-0.05, 0) is 48.0 Å². The van der Waals surface area contributed by atoms with E-state index in [9.17, 15) is 23.2 Å². The highest BCUT2D eigenvalue weighted by Gasteiger charge is 2.26. The van der Waals surface area contributed by atoms with Crippen LogP contribution in [0.5, 0.6) is 0 Å². The molecule has 5 rings (SSSR count). The molecule has 1 amide bonds. The fraction of sp³-hybridized carbons (Fsp3) is 0.250. The number of hydrogen-bond donors (Lipinski definition) is 2. The number of nitrogens with zero attached hydrogens (tertiary/aromatic N) is 2. The number of benzene rings is 3. The molecule has 0 fully saturated rings. The molecule has 0 aliphatic carbocycles. The van der Waals surface area contributed by atoms with Crippen molar-refractivity contribution in [3.8, 4) is 10.4 Å². The van der Waals surface area contributed by atoms with Crippen LogP contribution < -0.4 is 10.7 Å². The predicted molar refractivity (Wildman–Crippen MR) is 178 cm³/mol. The predicted octanol–water partition coefficient (Wildman–Crippen LogP) is 6.85. The van der Waals surface area contributed by atoms with Crippen molar-refractivity contribution >= 4 is 38.9 Å². The number of carbonyl (C=O) groups is 2. The van der Waals surface area contributed by atoms with Gasteiger partial charge in [0.2, 0.25) is 11.3 Å². The third-order valence-corrected chi connectivity index (χ3v) is 9.00. The Morgan fingerprint density at radius 1 is 0.935 bits per heavy atom. The van der Waals surface area contributed by atoms with Crippen molar-refractivity contribution in [3.05, 3.63) is 123 Å². The monoisotopic (exact) mass is 643 g/mol. The number of aliphatic hydroxyl groups is 1. The van der Waals surface area contributed by atoms with Crippen LogP contribution in [0.2, 0.25) is 0 Å². The lowest BCUT2D eigenvalue weighted by Crippen LogP contribution is -2.24. The number of hydrogen-bond acceptors (Lipinski definition) is 6. The highest BCUT2D eigenvalue weighted by molar-refractivity contribution is 7.22.